The van der Waals surface area contributed by atoms with Crippen molar-refractivity contribution in [2.24, 2.45) is 42.9 Å². The SMILES string of the molecule is NC(=Nc1ccc(C(F)(F)F)cc1)N=C(N)N1CCC(F)(F)C1.NC(=Nc1ccc(I)c(Cl)c1)N=C(N)N1CCC(F)(F)C1. The smallest absolute Gasteiger partial charge is 0.369 e. The van der Waals surface area contributed by atoms with Crippen LogP contribution in [0.3, 0.4) is 0 Å². The van der Waals surface area contributed by atoms with Crippen LogP contribution in [0.4, 0.5) is 42.1 Å². The molecule has 2 aromatic carbocycles. The molecule has 0 radical (unpaired) electrons. The van der Waals surface area contributed by atoms with Gasteiger partial charge < -0.3 is 32.7 Å². The van der Waals surface area contributed by atoms with Crippen molar-refractivity contribution >= 4 is 69.4 Å². The van der Waals surface area contributed by atoms with E-state index in [4.69, 9.17) is 34.5 Å². The zero-order valence-corrected chi connectivity index (χ0v) is 25.6. The third-order valence-corrected chi connectivity index (χ3v) is 7.60. The van der Waals surface area contributed by atoms with E-state index in [0.29, 0.717) is 10.7 Å². The van der Waals surface area contributed by atoms with E-state index in [2.05, 4.69) is 42.6 Å². The zero-order valence-electron chi connectivity index (χ0n) is 22.7. The Morgan fingerprint density at radius 1 is 0.750 bits per heavy atom. The summed E-state index contributed by atoms with van der Waals surface area (Å²) in [7, 11) is 0. The molecule has 4 rings (SSSR count). The summed E-state index contributed by atoms with van der Waals surface area (Å²) in [5, 5.41) is 0.542. The van der Waals surface area contributed by atoms with Crippen LogP contribution in [0.2, 0.25) is 5.02 Å². The molecule has 0 unspecified atom stereocenters. The summed E-state index contributed by atoms with van der Waals surface area (Å²) < 4.78 is 90.5. The van der Waals surface area contributed by atoms with Crippen molar-refractivity contribution in [3.8, 4) is 0 Å². The minimum absolute atomic E-state index is 0.0376. The number of guanidine groups is 4. The highest BCUT2D eigenvalue weighted by atomic mass is 127. The van der Waals surface area contributed by atoms with Gasteiger partial charge >= 0.3 is 6.18 Å². The number of aliphatic imine (C=N–C) groups is 4. The Morgan fingerprint density at radius 2 is 1.18 bits per heavy atom. The lowest BCUT2D eigenvalue weighted by Gasteiger charge is -2.16. The molecule has 0 spiro atoms. The first-order valence-corrected chi connectivity index (χ1v) is 14.0. The number of likely N-dealkylation sites (tertiary alicyclic amines) is 2. The van der Waals surface area contributed by atoms with Gasteiger partial charge in [0, 0.05) is 29.5 Å². The molecule has 0 amide bonds. The maximum atomic E-state index is 13.1. The number of alkyl halides is 7. The third kappa shape index (κ3) is 10.6. The van der Waals surface area contributed by atoms with Crippen LogP contribution in [0.1, 0.15) is 18.4 Å². The van der Waals surface area contributed by atoms with E-state index in [0.717, 1.165) is 32.7 Å². The number of halogens is 9. The number of nitrogens with two attached hydrogens (primary N) is 4. The van der Waals surface area contributed by atoms with Crippen molar-refractivity contribution in [3.05, 3.63) is 56.6 Å². The van der Waals surface area contributed by atoms with Gasteiger partial charge in [0.2, 0.25) is 11.9 Å². The van der Waals surface area contributed by atoms with Crippen LogP contribution in [-0.2, 0) is 6.18 Å². The molecular formula is C25H27ClF7IN10. The molecule has 2 saturated heterocycles. The Labute approximate surface area is 265 Å². The third-order valence-electron chi connectivity index (χ3n) is 6.03. The first-order chi connectivity index (χ1) is 20.3. The quantitative estimate of drug-likeness (QED) is 0.148. The lowest BCUT2D eigenvalue weighted by molar-refractivity contribution is -0.137. The summed E-state index contributed by atoms with van der Waals surface area (Å²) in [5.74, 6) is -6.30. The maximum absolute atomic E-state index is 13.1. The average molecular weight is 763 g/mol. The van der Waals surface area contributed by atoms with Crippen LogP contribution in [-0.4, -0.2) is 71.7 Å². The largest absolute Gasteiger partial charge is 0.416 e. The van der Waals surface area contributed by atoms with E-state index in [-0.39, 0.29) is 55.5 Å². The molecule has 0 saturated carbocycles. The van der Waals surface area contributed by atoms with Gasteiger partial charge in [-0.15, -0.1) is 0 Å². The fourth-order valence-corrected chi connectivity index (χ4v) is 4.34. The first kappa shape index (κ1) is 34.9. The van der Waals surface area contributed by atoms with Gasteiger partial charge in [0.1, 0.15) is 0 Å². The summed E-state index contributed by atoms with van der Waals surface area (Å²) in [6.45, 7) is -0.832. The van der Waals surface area contributed by atoms with Gasteiger partial charge in [-0.1, -0.05) is 11.6 Å². The Morgan fingerprint density at radius 3 is 1.57 bits per heavy atom. The van der Waals surface area contributed by atoms with E-state index in [1.54, 1.807) is 18.2 Å². The number of benzene rings is 2. The monoisotopic (exact) mass is 762 g/mol. The highest BCUT2D eigenvalue weighted by Gasteiger charge is 2.40. The van der Waals surface area contributed by atoms with E-state index >= 15 is 0 Å². The van der Waals surface area contributed by atoms with Gasteiger partial charge in [-0.05, 0) is 65.1 Å². The summed E-state index contributed by atoms with van der Waals surface area (Å²) in [5.41, 5.74) is 22.2. The summed E-state index contributed by atoms with van der Waals surface area (Å²) >= 11 is 8.05. The van der Waals surface area contributed by atoms with Crippen LogP contribution >= 0.6 is 34.2 Å². The molecule has 2 aromatic rings. The molecule has 0 bridgehead atoms. The molecule has 2 heterocycles. The van der Waals surface area contributed by atoms with Gasteiger partial charge in [-0.25, -0.2) is 27.5 Å². The van der Waals surface area contributed by atoms with Crippen molar-refractivity contribution in [2.75, 3.05) is 26.2 Å². The Bertz CT molecular complexity index is 1450. The standard InChI is InChI=1S/C13H14F5N5.C12H13ClF2IN5/c14-12(15)5-6-23(7-12)11(20)22-10(19)21-9-3-1-8(2-4-9)13(16,17)18;13-8-5-7(1-2-9(8)16)19-10(17)20-11(18)21-4-3-12(14,15)6-21/h1-4H,5-7H2,(H4,19,20,21,22);1-2,5H,3-4,6H2,(H4,17,18,19,20). The molecular weight excluding hydrogens is 736 g/mol. The Balaban J connectivity index is 0.000000241. The van der Waals surface area contributed by atoms with Crippen molar-refractivity contribution in [2.45, 2.75) is 30.9 Å². The molecule has 10 nitrogen and oxygen atoms in total. The van der Waals surface area contributed by atoms with Crippen molar-refractivity contribution in [1.29, 1.82) is 0 Å². The lowest BCUT2D eigenvalue weighted by Crippen LogP contribution is -2.38. The second-order valence-corrected chi connectivity index (χ2v) is 11.1. The topological polar surface area (TPSA) is 160 Å². The van der Waals surface area contributed by atoms with E-state index in [1.807, 2.05) is 0 Å². The second kappa shape index (κ2) is 14.0. The average Bonchev–Trinajstić information content (AvgIpc) is 3.47. The number of hydrogen-bond acceptors (Lipinski definition) is 2. The molecule has 240 valence electrons. The second-order valence-electron chi connectivity index (χ2n) is 9.58. The Hall–Kier alpha value is -3.55. The molecule has 2 aliphatic rings. The van der Waals surface area contributed by atoms with Crippen LogP contribution in [0.25, 0.3) is 0 Å². The van der Waals surface area contributed by atoms with Crippen molar-refractivity contribution in [3.63, 3.8) is 0 Å². The van der Waals surface area contributed by atoms with Crippen LogP contribution in [0.15, 0.2) is 62.4 Å². The lowest BCUT2D eigenvalue weighted by atomic mass is 10.2. The molecule has 0 aromatic heterocycles. The highest BCUT2D eigenvalue weighted by Crippen LogP contribution is 2.31. The molecule has 19 heteroatoms. The summed E-state index contributed by atoms with van der Waals surface area (Å²) in [6, 6.07) is 9.06. The molecule has 0 atom stereocenters. The molecule has 2 fully saturated rings. The summed E-state index contributed by atoms with van der Waals surface area (Å²) in [6.07, 6.45) is -5.02. The van der Waals surface area contributed by atoms with Crippen LogP contribution < -0.4 is 22.9 Å². The van der Waals surface area contributed by atoms with E-state index in [1.165, 1.54) is 4.90 Å². The minimum atomic E-state index is -4.45. The zero-order chi connectivity index (χ0) is 32.9. The van der Waals surface area contributed by atoms with Gasteiger partial charge in [0.05, 0.1) is 35.1 Å². The van der Waals surface area contributed by atoms with E-state index < -0.39 is 36.7 Å². The van der Waals surface area contributed by atoms with Crippen molar-refractivity contribution < 1.29 is 30.7 Å². The highest BCUT2D eigenvalue weighted by molar-refractivity contribution is 14.1. The first-order valence-electron chi connectivity index (χ1n) is 12.6. The normalized spacial score (nSPS) is 19.2. The van der Waals surface area contributed by atoms with Gasteiger partial charge in [0.25, 0.3) is 11.8 Å². The van der Waals surface area contributed by atoms with E-state index in [9.17, 15) is 30.7 Å². The fourth-order valence-electron chi connectivity index (χ4n) is 3.83. The number of nitrogens with zero attached hydrogens (tertiary/aromatic N) is 6. The van der Waals surface area contributed by atoms with Crippen molar-refractivity contribution in [1.82, 2.24) is 9.80 Å². The Kier molecular flexibility index (Phi) is 11.1. The van der Waals surface area contributed by atoms with Crippen LogP contribution in [0, 0.1) is 3.57 Å². The van der Waals surface area contributed by atoms with Gasteiger partial charge in [-0.3, -0.25) is 0 Å². The fraction of sp³-hybridized carbons (Fsp3) is 0.360. The summed E-state index contributed by atoms with van der Waals surface area (Å²) in [4.78, 5) is 17.8. The molecule has 8 N–H and O–H groups in total. The predicted molar refractivity (Wildman–Crippen MR) is 164 cm³/mol. The maximum Gasteiger partial charge on any atom is 0.416 e. The number of hydrogen-bond donors (Lipinski definition) is 4. The van der Waals surface area contributed by atoms with Gasteiger partial charge in [0.15, 0.2) is 11.9 Å². The minimum Gasteiger partial charge on any atom is -0.369 e. The number of rotatable bonds is 2. The molecule has 2 aliphatic heterocycles. The molecule has 44 heavy (non-hydrogen) atoms. The molecule has 0 aliphatic carbocycles. The predicted octanol–water partition coefficient (Wildman–Crippen LogP) is 4.85. The van der Waals surface area contributed by atoms with Crippen LogP contribution in [0.5, 0.6) is 0 Å². The van der Waals surface area contributed by atoms with Gasteiger partial charge in [-0.2, -0.15) is 23.2 Å².